The Bertz CT molecular complexity index is 472. The number of aryl methyl sites for hydroxylation is 1. The molecule has 1 aromatic rings. The molecular formula is C15H18O2. The van der Waals surface area contributed by atoms with Gasteiger partial charge in [-0.2, -0.15) is 0 Å². The van der Waals surface area contributed by atoms with Gasteiger partial charge in [0.25, 0.3) is 0 Å². The van der Waals surface area contributed by atoms with E-state index in [0.717, 1.165) is 6.42 Å². The molecular weight excluding hydrogens is 212 g/mol. The Balaban J connectivity index is 2.02. The molecule has 1 N–H and O–H groups in total. The van der Waals surface area contributed by atoms with Crippen LogP contribution in [0, 0.1) is 6.92 Å². The first-order valence-corrected chi connectivity index (χ1v) is 6.44. The monoisotopic (exact) mass is 230 g/mol. The Morgan fingerprint density at radius 3 is 2.82 bits per heavy atom. The van der Waals surface area contributed by atoms with Crippen molar-refractivity contribution >= 4 is 5.97 Å². The van der Waals surface area contributed by atoms with Crippen LogP contribution in [0.3, 0.4) is 0 Å². The Morgan fingerprint density at radius 2 is 2.24 bits per heavy atom. The van der Waals surface area contributed by atoms with E-state index in [1.54, 1.807) is 0 Å². The summed E-state index contributed by atoms with van der Waals surface area (Å²) in [5.41, 5.74) is 4.34. The number of hydrogen-bond acceptors (Lipinski definition) is 1. The summed E-state index contributed by atoms with van der Waals surface area (Å²) in [5.74, 6) is -0.429. The second-order valence-corrected chi connectivity index (χ2v) is 5.72. The number of rotatable bonds is 2. The molecule has 0 amide bonds. The third-order valence-corrected chi connectivity index (χ3v) is 4.59. The maximum Gasteiger partial charge on any atom is 0.303 e. The normalized spacial score (nSPS) is 24.4. The summed E-state index contributed by atoms with van der Waals surface area (Å²) < 4.78 is 0. The van der Waals surface area contributed by atoms with Gasteiger partial charge in [0.2, 0.25) is 0 Å². The highest BCUT2D eigenvalue weighted by molar-refractivity contribution is 5.69. The second-order valence-electron chi connectivity index (χ2n) is 5.72. The molecule has 2 aliphatic rings. The molecule has 0 radical (unpaired) electrons. The average Bonchev–Trinajstić information content (AvgIpc) is 2.51. The Kier molecular flexibility index (Phi) is 2.29. The van der Waals surface area contributed by atoms with Crippen LogP contribution < -0.4 is 0 Å². The van der Waals surface area contributed by atoms with Crippen LogP contribution in [0.2, 0.25) is 0 Å². The van der Waals surface area contributed by atoms with Gasteiger partial charge in [-0.1, -0.05) is 30.2 Å². The van der Waals surface area contributed by atoms with Crippen LogP contribution >= 0.6 is 0 Å². The van der Waals surface area contributed by atoms with Gasteiger partial charge in [0.05, 0.1) is 6.42 Å². The lowest BCUT2D eigenvalue weighted by Crippen LogP contribution is -2.31. The molecule has 0 saturated heterocycles. The lowest BCUT2D eigenvalue weighted by molar-refractivity contribution is -0.137. The first kappa shape index (κ1) is 10.8. The van der Waals surface area contributed by atoms with Gasteiger partial charge in [0.15, 0.2) is 0 Å². The molecule has 1 spiro atoms. The van der Waals surface area contributed by atoms with Gasteiger partial charge in [-0.3, -0.25) is 4.79 Å². The highest BCUT2D eigenvalue weighted by Gasteiger charge is 2.47. The molecule has 0 aliphatic heterocycles. The van der Waals surface area contributed by atoms with E-state index in [2.05, 4.69) is 25.1 Å². The second kappa shape index (κ2) is 3.59. The van der Waals surface area contributed by atoms with Gasteiger partial charge in [0, 0.05) is 0 Å². The minimum Gasteiger partial charge on any atom is -0.481 e. The SMILES string of the molecule is Cc1ccc2c(c1)C(CC(=O)O)CC21CCC1. The number of fused-ring (bicyclic) bond motifs is 2. The Morgan fingerprint density at radius 1 is 1.47 bits per heavy atom. The minimum absolute atomic E-state index is 0.239. The molecule has 1 atom stereocenters. The van der Waals surface area contributed by atoms with Gasteiger partial charge in [-0.05, 0) is 48.6 Å². The third-order valence-electron chi connectivity index (χ3n) is 4.59. The van der Waals surface area contributed by atoms with Crippen LogP contribution in [0.5, 0.6) is 0 Å². The summed E-state index contributed by atoms with van der Waals surface area (Å²) in [6, 6.07) is 6.61. The fourth-order valence-corrected chi connectivity index (χ4v) is 3.66. The molecule has 1 saturated carbocycles. The zero-order valence-electron chi connectivity index (χ0n) is 10.2. The maximum atomic E-state index is 11.0. The van der Waals surface area contributed by atoms with E-state index in [-0.39, 0.29) is 12.3 Å². The topological polar surface area (TPSA) is 37.3 Å². The largest absolute Gasteiger partial charge is 0.481 e. The lowest BCUT2D eigenvalue weighted by Gasteiger charge is -2.39. The van der Waals surface area contributed by atoms with Crippen LogP contribution in [-0.2, 0) is 10.2 Å². The Labute approximate surface area is 102 Å². The van der Waals surface area contributed by atoms with Crippen molar-refractivity contribution in [2.24, 2.45) is 0 Å². The van der Waals surface area contributed by atoms with Crippen molar-refractivity contribution in [3.05, 3.63) is 34.9 Å². The molecule has 2 nitrogen and oxygen atoms in total. The summed E-state index contributed by atoms with van der Waals surface area (Å²) >= 11 is 0. The summed E-state index contributed by atoms with van der Waals surface area (Å²) in [6.45, 7) is 2.09. The van der Waals surface area contributed by atoms with E-state index >= 15 is 0 Å². The molecule has 90 valence electrons. The molecule has 3 rings (SSSR count). The van der Waals surface area contributed by atoms with E-state index in [1.807, 2.05) is 0 Å². The summed E-state index contributed by atoms with van der Waals surface area (Å²) in [7, 11) is 0. The molecule has 0 heterocycles. The van der Waals surface area contributed by atoms with Crippen LogP contribution in [0.25, 0.3) is 0 Å². The van der Waals surface area contributed by atoms with Crippen molar-refractivity contribution in [3.8, 4) is 0 Å². The van der Waals surface area contributed by atoms with E-state index in [1.165, 1.54) is 36.0 Å². The zero-order valence-corrected chi connectivity index (χ0v) is 10.2. The number of aliphatic carboxylic acids is 1. The van der Waals surface area contributed by atoms with E-state index < -0.39 is 5.97 Å². The average molecular weight is 230 g/mol. The summed E-state index contributed by atoms with van der Waals surface area (Å²) in [5, 5.41) is 9.03. The van der Waals surface area contributed by atoms with Gasteiger partial charge in [-0.15, -0.1) is 0 Å². The fraction of sp³-hybridized carbons (Fsp3) is 0.533. The molecule has 1 aromatic carbocycles. The van der Waals surface area contributed by atoms with Crippen LogP contribution in [0.15, 0.2) is 18.2 Å². The number of carbonyl (C=O) groups is 1. The first-order chi connectivity index (χ1) is 8.11. The van der Waals surface area contributed by atoms with Gasteiger partial charge in [-0.25, -0.2) is 0 Å². The lowest BCUT2D eigenvalue weighted by atomic mass is 9.65. The molecule has 1 unspecified atom stereocenters. The summed E-state index contributed by atoms with van der Waals surface area (Å²) in [6.07, 6.45) is 5.14. The Hall–Kier alpha value is -1.31. The van der Waals surface area contributed by atoms with Crippen LogP contribution in [0.4, 0.5) is 0 Å². The van der Waals surface area contributed by atoms with E-state index in [0.29, 0.717) is 5.41 Å². The molecule has 0 aromatic heterocycles. The van der Waals surface area contributed by atoms with E-state index in [4.69, 9.17) is 5.11 Å². The van der Waals surface area contributed by atoms with Crippen molar-refractivity contribution in [3.63, 3.8) is 0 Å². The minimum atomic E-state index is -0.668. The highest BCUT2D eigenvalue weighted by atomic mass is 16.4. The smallest absolute Gasteiger partial charge is 0.303 e. The summed E-state index contributed by atoms with van der Waals surface area (Å²) in [4.78, 5) is 11.0. The number of hydrogen-bond donors (Lipinski definition) is 1. The molecule has 2 aliphatic carbocycles. The zero-order chi connectivity index (χ0) is 12.0. The number of carboxylic acid groups (broad SMARTS) is 1. The third kappa shape index (κ3) is 1.58. The number of carboxylic acids is 1. The van der Waals surface area contributed by atoms with Crippen LogP contribution in [0.1, 0.15) is 54.7 Å². The van der Waals surface area contributed by atoms with Gasteiger partial charge >= 0.3 is 5.97 Å². The predicted octanol–water partition coefficient (Wildman–Crippen LogP) is 3.38. The fourth-order valence-electron chi connectivity index (χ4n) is 3.66. The molecule has 17 heavy (non-hydrogen) atoms. The quantitative estimate of drug-likeness (QED) is 0.845. The van der Waals surface area contributed by atoms with Gasteiger partial charge in [0.1, 0.15) is 0 Å². The molecule has 1 fully saturated rings. The first-order valence-electron chi connectivity index (χ1n) is 6.44. The van der Waals surface area contributed by atoms with Crippen molar-refractivity contribution in [1.82, 2.24) is 0 Å². The predicted molar refractivity (Wildman–Crippen MR) is 66.3 cm³/mol. The number of benzene rings is 1. The highest BCUT2D eigenvalue weighted by Crippen LogP contribution is 2.57. The van der Waals surface area contributed by atoms with E-state index in [9.17, 15) is 4.79 Å². The van der Waals surface area contributed by atoms with Crippen LogP contribution in [-0.4, -0.2) is 11.1 Å². The molecule has 0 bridgehead atoms. The maximum absolute atomic E-state index is 11.0. The van der Waals surface area contributed by atoms with Crippen molar-refractivity contribution in [2.45, 2.75) is 50.4 Å². The van der Waals surface area contributed by atoms with Gasteiger partial charge < -0.3 is 5.11 Å². The van der Waals surface area contributed by atoms with Crippen molar-refractivity contribution in [2.75, 3.05) is 0 Å². The van der Waals surface area contributed by atoms with Crippen molar-refractivity contribution < 1.29 is 9.90 Å². The molecule has 2 heteroatoms. The standard InChI is InChI=1S/C15H18O2/c1-10-3-4-13-12(7-10)11(8-14(16)17)9-15(13)5-2-6-15/h3-4,7,11H,2,5-6,8-9H2,1H3,(H,16,17). The van der Waals surface area contributed by atoms with Crippen molar-refractivity contribution in [1.29, 1.82) is 0 Å².